The van der Waals surface area contributed by atoms with E-state index in [1.807, 2.05) is 0 Å². The highest BCUT2D eigenvalue weighted by atomic mass is 32.2. The van der Waals surface area contributed by atoms with Crippen LogP contribution in [-0.4, -0.2) is 52.2 Å². The van der Waals surface area contributed by atoms with Gasteiger partial charge in [0.15, 0.2) is 10.9 Å². The minimum Gasteiger partial charge on any atom is -0.472 e. The standard InChI is InChI=1S/C14H13N11O3S/c1-24-7-17-20-14(24)29-6-9-10(13(26)19-16-4-8-2-3-27-5-8)18-23-25(9)12-11(15)21-28-22-12/h2-5,7H,6H2,1H3,(H2,15,21)(H,19,26)/b16-4-. The van der Waals surface area contributed by atoms with E-state index in [2.05, 4.69) is 46.0 Å². The van der Waals surface area contributed by atoms with Gasteiger partial charge in [0.25, 0.3) is 5.91 Å². The van der Waals surface area contributed by atoms with Crippen LogP contribution in [0.5, 0.6) is 0 Å². The molecule has 0 aliphatic carbocycles. The number of carbonyl (C=O) groups excluding carboxylic acids is 1. The molecule has 15 heteroatoms. The molecule has 148 valence electrons. The first-order valence-electron chi connectivity index (χ1n) is 7.99. The largest absolute Gasteiger partial charge is 0.472 e. The van der Waals surface area contributed by atoms with Gasteiger partial charge in [-0.05, 0) is 16.4 Å². The molecular formula is C14H13N11O3S. The summed E-state index contributed by atoms with van der Waals surface area (Å²) in [5.41, 5.74) is 9.27. The van der Waals surface area contributed by atoms with Gasteiger partial charge >= 0.3 is 0 Å². The van der Waals surface area contributed by atoms with Crippen LogP contribution in [0.3, 0.4) is 0 Å². The number of nitrogen functional groups attached to an aromatic ring is 1. The molecule has 0 atom stereocenters. The Morgan fingerprint density at radius 3 is 3.00 bits per heavy atom. The van der Waals surface area contributed by atoms with Crippen LogP contribution in [0.4, 0.5) is 5.82 Å². The van der Waals surface area contributed by atoms with Crippen LogP contribution in [0.25, 0.3) is 5.82 Å². The average Bonchev–Trinajstić information content (AvgIpc) is 3.48. The zero-order valence-electron chi connectivity index (χ0n) is 14.8. The molecule has 29 heavy (non-hydrogen) atoms. The van der Waals surface area contributed by atoms with E-state index in [4.69, 9.17) is 10.2 Å². The van der Waals surface area contributed by atoms with Crippen molar-refractivity contribution in [3.8, 4) is 5.82 Å². The van der Waals surface area contributed by atoms with E-state index in [-0.39, 0.29) is 23.1 Å². The summed E-state index contributed by atoms with van der Waals surface area (Å²) >= 11 is 1.32. The lowest BCUT2D eigenvalue weighted by Crippen LogP contribution is -2.20. The van der Waals surface area contributed by atoms with Crippen molar-refractivity contribution >= 4 is 29.7 Å². The molecule has 0 aliphatic rings. The van der Waals surface area contributed by atoms with E-state index in [1.165, 1.54) is 35.2 Å². The van der Waals surface area contributed by atoms with Crippen LogP contribution < -0.4 is 11.2 Å². The van der Waals surface area contributed by atoms with E-state index in [9.17, 15) is 4.79 Å². The van der Waals surface area contributed by atoms with Crippen molar-refractivity contribution in [2.24, 2.45) is 12.1 Å². The monoisotopic (exact) mass is 415 g/mol. The van der Waals surface area contributed by atoms with Gasteiger partial charge < -0.3 is 14.7 Å². The molecule has 4 heterocycles. The van der Waals surface area contributed by atoms with E-state index < -0.39 is 5.91 Å². The Balaban J connectivity index is 1.60. The highest BCUT2D eigenvalue weighted by Gasteiger charge is 2.24. The third-order valence-corrected chi connectivity index (χ3v) is 4.65. The van der Waals surface area contributed by atoms with Crippen LogP contribution in [0, 0.1) is 0 Å². The Kier molecular flexibility index (Phi) is 5.02. The number of aryl methyl sites for hydroxylation is 1. The number of hydrogen-bond acceptors (Lipinski definition) is 12. The van der Waals surface area contributed by atoms with Crippen LogP contribution >= 0.6 is 11.8 Å². The number of amides is 1. The van der Waals surface area contributed by atoms with Crippen molar-refractivity contribution in [2.75, 3.05) is 5.73 Å². The van der Waals surface area contributed by atoms with Gasteiger partial charge in [-0.25, -0.2) is 10.1 Å². The van der Waals surface area contributed by atoms with Gasteiger partial charge in [-0.1, -0.05) is 17.0 Å². The van der Waals surface area contributed by atoms with Crippen LogP contribution in [0.15, 0.2) is 44.2 Å². The summed E-state index contributed by atoms with van der Waals surface area (Å²) in [5, 5.41) is 27.5. The number of thioether (sulfide) groups is 1. The molecule has 0 aliphatic heterocycles. The summed E-state index contributed by atoms with van der Waals surface area (Å²) in [6, 6.07) is 1.69. The summed E-state index contributed by atoms with van der Waals surface area (Å²) < 4.78 is 12.6. The van der Waals surface area contributed by atoms with Gasteiger partial charge in [0, 0.05) is 18.4 Å². The number of nitrogens with zero attached hydrogens (tertiary/aromatic N) is 9. The average molecular weight is 415 g/mol. The highest BCUT2D eigenvalue weighted by Crippen LogP contribution is 2.24. The number of rotatable bonds is 7. The fourth-order valence-electron chi connectivity index (χ4n) is 2.22. The molecule has 1 amide bonds. The number of furan rings is 1. The van der Waals surface area contributed by atoms with Gasteiger partial charge in [-0.2, -0.15) is 9.78 Å². The fourth-order valence-corrected chi connectivity index (χ4v) is 3.10. The molecule has 4 aromatic heterocycles. The van der Waals surface area contributed by atoms with Gasteiger partial charge in [0.05, 0.1) is 24.4 Å². The second kappa shape index (κ2) is 7.93. The molecule has 0 saturated heterocycles. The maximum atomic E-state index is 12.6. The molecule has 0 aromatic carbocycles. The zero-order valence-corrected chi connectivity index (χ0v) is 15.6. The summed E-state index contributed by atoms with van der Waals surface area (Å²) in [5.74, 6) is -0.184. The topological polar surface area (TPSA) is 181 Å². The predicted molar refractivity (Wildman–Crippen MR) is 98.0 cm³/mol. The Morgan fingerprint density at radius 2 is 2.31 bits per heavy atom. The first-order chi connectivity index (χ1) is 14.1. The van der Waals surface area contributed by atoms with Crippen LogP contribution in [0.1, 0.15) is 21.7 Å². The third kappa shape index (κ3) is 3.84. The molecule has 0 fully saturated rings. The van der Waals surface area contributed by atoms with Crippen molar-refractivity contribution in [3.63, 3.8) is 0 Å². The zero-order chi connectivity index (χ0) is 20.2. The number of nitrogens with one attached hydrogen (secondary N) is 1. The SMILES string of the molecule is Cn1cnnc1SCc1c(C(=O)N/N=C\c2ccoc2)nnn1-c1nonc1N. The first-order valence-corrected chi connectivity index (χ1v) is 8.97. The lowest BCUT2D eigenvalue weighted by molar-refractivity contribution is 0.0949. The Bertz CT molecular complexity index is 1140. The summed E-state index contributed by atoms with van der Waals surface area (Å²) in [6.07, 6.45) is 5.97. The van der Waals surface area contributed by atoms with Gasteiger partial charge in [0.1, 0.15) is 6.33 Å². The minimum atomic E-state index is -0.570. The number of nitrogens with two attached hydrogens (primary N) is 1. The van der Waals surface area contributed by atoms with Crippen molar-refractivity contribution < 1.29 is 13.8 Å². The third-order valence-electron chi connectivity index (χ3n) is 3.61. The smallest absolute Gasteiger partial charge is 0.293 e. The molecule has 4 aromatic rings. The molecule has 0 unspecified atom stereocenters. The van der Waals surface area contributed by atoms with Gasteiger partial charge in [-0.3, -0.25) is 4.79 Å². The number of anilines is 1. The van der Waals surface area contributed by atoms with Crippen LogP contribution in [0.2, 0.25) is 0 Å². The number of hydrazone groups is 1. The maximum absolute atomic E-state index is 12.6. The van der Waals surface area contributed by atoms with E-state index in [0.29, 0.717) is 16.4 Å². The molecule has 0 bridgehead atoms. The number of carbonyl (C=O) groups is 1. The van der Waals surface area contributed by atoms with Crippen molar-refractivity contribution in [1.29, 1.82) is 0 Å². The van der Waals surface area contributed by atoms with Gasteiger partial charge in [0.2, 0.25) is 11.6 Å². The highest BCUT2D eigenvalue weighted by molar-refractivity contribution is 7.98. The molecule has 4 rings (SSSR count). The number of hydrogen-bond donors (Lipinski definition) is 2. The lowest BCUT2D eigenvalue weighted by atomic mass is 10.3. The summed E-state index contributed by atoms with van der Waals surface area (Å²) in [7, 11) is 1.80. The van der Waals surface area contributed by atoms with Crippen molar-refractivity contribution in [3.05, 3.63) is 41.9 Å². The predicted octanol–water partition coefficient (Wildman–Crippen LogP) is 0.0102. The first kappa shape index (κ1) is 18.4. The van der Waals surface area contributed by atoms with Crippen molar-refractivity contribution in [2.45, 2.75) is 10.9 Å². The van der Waals surface area contributed by atoms with E-state index in [1.54, 1.807) is 24.0 Å². The Labute approximate surface area is 166 Å². The van der Waals surface area contributed by atoms with Crippen LogP contribution in [-0.2, 0) is 12.8 Å². The van der Waals surface area contributed by atoms with E-state index in [0.717, 1.165) is 0 Å². The molecule has 14 nitrogen and oxygen atoms in total. The second-order valence-corrected chi connectivity index (χ2v) is 6.48. The molecule has 0 radical (unpaired) electrons. The summed E-state index contributed by atoms with van der Waals surface area (Å²) in [6.45, 7) is 0. The molecule has 0 spiro atoms. The Morgan fingerprint density at radius 1 is 1.41 bits per heavy atom. The van der Waals surface area contributed by atoms with Crippen molar-refractivity contribution in [1.82, 2.24) is 45.5 Å². The molecule has 3 N–H and O–H groups in total. The normalized spacial score (nSPS) is 11.3. The second-order valence-electron chi connectivity index (χ2n) is 5.54. The van der Waals surface area contributed by atoms with E-state index >= 15 is 0 Å². The molecular weight excluding hydrogens is 402 g/mol. The van der Waals surface area contributed by atoms with Gasteiger partial charge in [-0.15, -0.1) is 15.3 Å². The Hall–Kier alpha value is -4.01. The maximum Gasteiger partial charge on any atom is 0.293 e. The molecule has 0 saturated carbocycles. The lowest BCUT2D eigenvalue weighted by Gasteiger charge is -2.05. The fraction of sp³-hybridized carbons (Fsp3) is 0.143. The quantitative estimate of drug-likeness (QED) is 0.236. The number of aromatic nitrogens is 8. The summed E-state index contributed by atoms with van der Waals surface area (Å²) in [4.78, 5) is 12.6. The minimum absolute atomic E-state index is 0.00439.